The van der Waals surface area contributed by atoms with Crippen LogP contribution < -0.4 is 5.43 Å². The smallest absolute Gasteiger partial charge is 0.256 e. The molecule has 1 aliphatic heterocycles. The van der Waals surface area contributed by atoms with Crippen molar-refractivity contribution in [1.82, 2.24) is 14.8 Å². The van der Waals surface area contributed by atoms with Crippen LogP contribution >= 0.6 is 0 Å². The van der Waals surface area contributed by atoms with E-state index in [9.17, 15) is 14.7 Å². The summed E-state index contributed by atoms with van der Waals surface area (Å²) >= 11 is 0. The highest BCUT2D eigenvalue weighted by molar-refractivity contribution is 6.07. The van der Waals surface area contributed by atoms with Gasteiger partial charge in [0, 0.05) is 28.9 Å². The predicted octanol–water partition coefficient (Wildman–Crippen LogP) is 1.82. The van der Waals surface area contributed by atoms with Gasteiger partial charge < -0.3 is 19.9 Å². The summed E-state index contributed by atoms with van der Waals surface area (Å²) in [5, 5.41) is 10.9. The van der Waals surface area contributed by atoms with E-state index in [0.717, 1.165) is 6.42 Å². The van der Waals surface area contributed by atoms with E-state index < -0.39 is 0 Å². The molecule has 0 spiro atoms. The molecule has 2 aromatic carbocycles. The number of aromatic nitrogens is 1. The molecular formula is C21H23N3O3. The molecule has 0 aliphatic carbocycles. The van der Waals surface area contributed by atoms with Gasteiger partial charge >= 0.3 is 0 Å². The summed E-state index contributed by atoms with van der Waals surface area (Å²) in [6, 6.07) is 12.5. The van der Waals surface area contributed by atoms with Gasteiger partial charge in [0.1, 0.15) is 0 Å². The number of fused-ring (bicyclic) bond motifs is 2. The minimum atomic E-state index is -0.215. The second-order valence-electron chi connectivity index (χ2n) is 7.37. The van der Waals surface area contributed by atoms with Crippen LogP contribution in [0.25, 0.3) is 21.8 Å². The number of nitrogens with one attached hydrogen (secondary N) is 1. The molecule has 1 saturated heterocycles. The van der Waals surface area contributed by atoms with Crippen LogP contribution in [0.4, 0.5) is 0 Å². The molecule has 1 fully saturated rings. The Hall–Kier alpha value is -2.70. The topological polar surface area (TPSA) is 76.6 Å². The number of pyridine rings is 1. The van der Waals surface area contributed by atoms with Gasteiger partial charge in [-0.15, -0.1) is 0 Å². The number of hydrogen-bond donors (Lipinski definition) is 2. The van der Waals surface area contributed by atoms with Crippen LogP contribution in [0.3, 0.4) is 0 Å². The Labute approximate surface area is 157 Å². The van der Waals surface area contributed by atoms with Gasteiger partial charge in [-0.3, -0.25) is 9.59 Å². The number of H-pyrrole nitrogens is 1. The standard InChI is InChI=1S/C21H23N3O3/c1-23(2)13-10-14(12-25)24(11-13)21(27)17-8-5-7-16-19(17)22-18-9-4-3-6-15(18)20(16)26/h3-9,13-14,25H,10-12H2,1-2H3,(H,22,26)/t13-,14+/m1/s1. The number of rotatable bonds is 3. The largest absolute Gasteiger partial charge is 0.394 e. The first-order valence-electron chi connectivity index (χ1n) is 9.13. The third-order valence-electron chi connectivity index (χ3n) is 5.57. The highest BCUT2D eigenvalue weighted by Gasteiger charge is 2.36. The van der Waals surface area contributed by atoms with Crippen molar-refractivity contribution in [2.75, 3.05) is 27.2 Å². The van der Waals surface area contributed by atoms with E-state index in [1.165, 1.54) is 0 Å². The number of nitrogens with zero attached hydrogens (tertiary/aromatic N) is 2. The highest BCUT2D eigenvalue weighted by atomic mass is 16.3. The fraction of sp³-hybridized carbons (Fsp3) is 0.333. The molecule has 2 N–H and O–H groups in total. The Kier molecular flexibility index (Phi) is 4.45. The number of benzene rings is 2. The Morgan fingerprint density at radius 1 is 1.19 bits per heavy atom. The summed E-state index contributed by atoms with van der Waals surface area (Å²) < 4.78 is 0. The summed E-state index contributed by atoms with van der Waals surface area (Å²) in [7, 11) is 3.96. The maximum atomic E-state index is 13.3. The van der Waals surface area contributed by atoms with Gasteiger partial charge in [0.25, 0.3) is 5.91 Å². The lowest BCUT2D eigenvalue weighted by atomic mass is 10.0. The first kappa shape index (κ1) is 17.7. The average molecular weight is 365 g/mol. The molecule has 2 heterocycles. The minimum Gasteiger partial charge on any atom is -0.394 e. The molecule has 1 aliphatic rings. The third kappa shape index (κ3) is 2.91. The molecule has 1 aromatic heterocycles. The lowest BCUT2D eigenvalue weighted by molar-refractivity contribution is 0.0675. The molecule has 3 aromatic rings. The van der Waals surface area contributed by atoms with Crippen molar-refractivity contribution in [3.8, 4) is 0 Å². The van der Waals surface area contributed by atoms with Crippen LogP contribution in [-0.2, 0) is 0 Å². The highest BCUT2D eigenvalue weighted by Crippen LogP contribution is 2.26. The fourth-order valence-electron chi connectivity index (χ4n) is 3.97. The van der Waals surface area contributed by atoms with Gasteiger partial charge in [-0.05, 0) is 44.8 Å². The summed E-state index contributed by atoms with van der Waals surface area (Å²) in [5.74, 6) is -0.157. The normalized spacial score (nSPS) is 20.1. The number of aromatic amines is 1. The number of likely N-dealkylation sites (N-methyl/N-ethyl adjacent to an activating group) is 1. The predicted molar refractivity (Wildman–Crippen MR) is 106 cm³/mol. The molecule has 0 radical (unpaired) electrons. The van der Waals surface area contributed by atoms with Gasteiger partial charge in [-0.1, -0.05) is 18.2 Å². The molecule has 4 rings (SSSR count). The summed E-state index contributed by atoms with van der Waals surface area (Å²) in [5.41, 5.74) is 1.64. The molecule has 2 atom stereocenters. The molecule has 0 bridgehead atoms. The second kappa shape index (κ2) is 6.79. The van der Waals surface area contributed by atoms with E-state index in [1.54, 1.807) is 29.2 Å². The minimum absolute atomic E-state index is 0.0692. The van der Waals surface area contributed by atoms with Crippen LogP contribution in [0.5, 0.6) is 0 Å². The Bertz CT molecular complexity index is 1070. The molecule has 6 nitrogen and oxygen atoms in total. The van der Waals surface area contributed by atoms with Crippen LogP contribution in [-0.4, -0.2) is 65.1 Å². The number of para-hydroxylation sites is 2. The van der Waals surface area contributed by atoms with E-state index in [4.69, 9.17) is 0 Å². The first-order valence-corrected chi connectivity index (χ1v) is 9.13. The lowest BCUT2D eigenvalue weighted by Gasteiger charge is -2.24. The zero-order valence-electron chi connectivity index (χ0n) is 15.5. The molecule has 0 saturated carbocycles. The lowest BCUT2D eigenvalue weighted by Crippen LogP contribution is -2.39. The van der Waals surface area contributed by atoms with Crippen LogP contribution in [0.2, 0.25) is 0 Å². The van der Waals surface area contributed by atoms with Crippen molar-refractivity contribution >= 4 is 27.7 Å². The number of amides is 1. The first-order chi connectivity index (χ1) is 13.0. The van der Waals surface area contributed by atoms with Gasteiger partial charge in [0.2, 0.25) is 0 Å². The van der Waals surface area contributed by atoms with E-state index in [1.807, 2.05) is 32.3 Å². The van der Waals surface area contributed by atoms with E-state index in [0.29, 0.717) is 33.9 Å². The number of aliphatic hydroxyl groups is 1. The molecule has 140 valence electrons. The zero-order chi connectivity index (χ0) is 19.1. The molecule has 27 heavy (non-hydrogen) atoms. The van der Waals surface area contributed by atoms with Crippen LogP contribution in [0.1, 0.15) is 16.8 Å². The Balaban J connectivity index is 1.84. The quantitative estimate of drug-likeness (QED) is 0.694. The molecule has 6 heteroatoms. The fourth-order valence-corrected chi connectivity index (χ4v) is 3.97. The third-order valence-corrected chi connectivity index (χ3v) is 5.57. The van der Waals surface area contributed by atoms with E-state index in [-0.39, 0.29) is 30.0 Å². The SMILES string of the molecule is CN(C)[C@@H]1C[C@@H](CO)N(C(=O)c2cccc3c(=O)c4ccccc4[nH]c23)C1. The zero-order valence-corrected chi connectivity index (χ0v) is 15.5. The monoisotopic (exact) mass is 365 g/mol. The number of carbonyl (C=O) groups is 1. The van der Waals surface area contributed by atoms with E-state index >= 15 is 0 Å². The van der Waals surface area contributed by atoms with Crippen molar-refractivity contribution < 1.29 is 9.90 Å². The molecule has 1 amide bonds. The maximum absolute atomic E-state index is 13.3. The second-order valence-corrected chi connectivity index (χ2v) is 7.37. The number of likely N-dealkylation sites (tertiary alicyclic amines) is 1. The maximum Gasteiger partial charge on any atom is 0.256 e. The number of aliphatic hydroxyl groups excluding tert-OH is 1. The van der Waals surface area contributed by atoms with Gasteiger partial charge in [0.15, 0.2) is 5.43 Å². The van der Waals surface area contributed by atoms with Crippen molar-refractivity contribution in [2.45, 2.75) is 18.5 Å². The van der Waals surface area contributed by atoms with Crippen molar-refractivity contribution in [1.29, 1.82) is 0 Å². The molecule has 0 unspecified atom stereocenters. The summed E-state index contributed by atoms with van der Waals surface area (Å²) in [4.78, 5) is 33.3. The number of carbonyl (C=O) groups excluding carboxylic acids is 1. The van der Waals surface area contributed by atoms with Gasteiger partial charge in [-0.2, -0.15) is 0 Å². The summed E-state index contributed by atoms with van der Waals surface area (Å²) in [6.45, 7) is 0.492. The summed E-state index contributed by atoms with van der Waals surface area (Å²) in [6.07, 6.45) is 0.736. The average Bonchev–Trinajstić information content (AvgIpc) is 3.12. The van der Waals surface area contributed by atoms with Crippen molar-refractivity contribution in [3.63, 3.8) is 0 Å². The van der Waals surface area contributed by atoms with Gasteiger partial charge in [-0.25, -0.2) is 0 Å². The van der Waals surface area contributed by atoms with Crippen LogP contribution in [0.15, 0.2) is 47.3 Å². The Morgan fingerprint density at radius 2 is 1.93 bits per heavy atom. The van der Waals surface area contributed by atoms with Crippen LogP contribution in [0, 0.1) is 0 Å². The van der Waals surface area contributed by atoms with Gasteiger partial charge in [0.05, 0.1) is 23.7 Å². The van der Waals surface area contributed by atoms with Crippen molar-refractivity contribution in [2.24, 2.45) is 0 Å². The number of hydrogen-bond acceptors (Lipinski definition) is 4. The van der Waals surface area contributed by atoms with Crippen molar-refractivity contribution in [3.05, 3.63) is 58.3 Å². The Morgan fingerprint density at radius 3 is 2.67 bits per heavy atom. The molecular weight excluding hydrogens is 342 g/mol. The van der Waals surface area contributed by atoms with E-state index in [2.05, 4.69) is 9.88 Å².